The molecule has 0 aromatic heterocycles. The lowest BCUT2D eigenvalue weighted by atomic mass is 9.80. The molecule has 0 bridgehead atoms. The van der Waals surface area contributed by atoms with E-state index < -0.39 is 0 Å². The number of nitrogens with zero attached hydrogens (tertiary/aromatic N) is 1. The Bertz CT molecular complexity index is 194. The monoisotopic (exact) mass is 193 g/mol. The van der Waals surface area contributed by atoms with E-state index in [4.69, 9.17) is 6.42 Å². The van der Waals surface area contributed by atoms with Crippen LogP contribution in [0, 0.1) is 24.2 Å². The lowest BCUT2D eigenvalue weighted by Gasteiger charge is -2.37. The summed E-state index contributed by atoms with van der Waals surface area (Å²) in [7, 11) is 2.22. The molecule has 0 spiro atoms. The first-order valence-corrected chi connectivity index (χ1v) is 5.77. The third kappa shape index (κ3) is 3.35. The highest BCUT2D eigenvalue weighted by molar-refractivity contribution is 4.87. The van der Waals surface area contributed by atoms with Crippen molar-refractivity contribution >= 4 is 0 Å². The summed E-state index contributed by atoms with van der Waals surface area (Å²) in [6.07, 6.45) is 10.3. The van der Waals surface area contributed by atoms with Crippen LogP contribution in [0.2, 0.25) is 0 Å². The maximum Gasteiger partial charge on any atom is 0.0214 e. The molecule has 0 N–H and O–H groups in total. The molecule has 1 rings (SSSR count). The van der Waals surface area contributed by atoms with Crippen LogP contribution in [0.25, 0.3) is 0 Å². The Hall–Kier alpha value is -0.480. The summed E-state index contributed by atoms with van der Waals surface area (Å²) in [5.74, 6) is 4.49. The highest BCUT2D eigenvalue weighted by atomic mass is 15.1. The molecule has 0 aromatic carbocycles. The van der Waals surface area contributed by atoms with Gasteiger partial charge in [0.1, 0.15) is 0 Å². The van der Waals surface area contributed by atoms with Crippen molar-refractivity contribution < 1.29 is 0 Å². The van der Waals surface area contributed by atoms with Crippen molar-refractivity contribution in [3.63, 3.8) is 0 Å². The van der Waals surface area contributed by atoms with Crippen molar-refractivity contribution in [3.05, 3.63) is 0 Å². The fraction of sp³-hybridized carbons (Fsp3) is 0.846. The van der Waals surface area contributed by atoms with Gasteiger partial charge in [0.25, 0.3) is 0 Å². The summed E-state index contributed by atoms with van der Waals surface area (Å²) >= 11 is 0. The van der Waals surface area contributed by atoms with Gasteiger partial charge in [0.05, 0.1) is 0 Å². The van der Waals surface area contributed by atoms with Crippen LogP contribution >= 0.6 is 0 Å². The fourth-order valence-corrected chi connectivity index (χ4v) is 2.69. The predicted molar refractivity (Wildman–Crippen MR) is 62.0 cm³/mol. The van der Waals surface area contributed by atoms with Gasteiger partial charge >= 0.3 is 0 Å². The second-order valence-corrected chi connectivity index (χ2v) is 5.01. The SMILES string of the molecule is C#CCCN(C)C1CC(C)CC(C)C1. The van der Waals surface area contributed by atoms with Crippen molar-refractivity contribution in [2.24, 2.45) is 11.8 Å². The van der Waals surface area contributed by atoms with Gasteiger partial charge < -0.3 is 4.90 Å². The van der Waals surface area contributed by atoms with Crippen molar-refractivity contribution in [3.8, 4) is 12.3 Å². The normalized spacial score (nSPS) is 32.9. The molecule has 1 heteroatoms. The predicted octanol–water partition coefficient (Wildman–Crippen LogP) is 2.77. The summed E-state index contributed by atoms with van der Waals surface area (Å²) in [5.41, 5.74) is 0. The summed E-state index contributed by atoms with van der Waals surface area (Å²) in [6.45, 7) is 5.80. The zero-order chi connectivity index (χ0) is 10.6. The Morgan fingerprint density at radius 2 is 1.79 bits per heavy atom. The molecule has 1 nitrogen and oxygen atoms in total. The Labute approximate surface area is 88.9 Å². The molecule has 1 aliphatic rings. The number of rotatable bonds is 3. The molecule has 0 amide bonds. The molecule has 0 heterocycles. The van der Waals surface area contributed by atoms with Gasteiger partial charge in [0.2, 0.25) is 0 Å². The first-order valence-electron chi connectivity index (χ1n) is 5.77. The zero-order valence-electron chi connectivity index (χ0n) is 9.79. The van der Waals surface area contributed by atoms with Crippen LogP contribution in [0.15, 0.2) is 0 Å². The van der Waals surface area contributed by atoms with Gasteiger partial charge in [0.15, 0.2) is 0 Å². The van der Waals surface area contributed by atoms with E-state index in [9.17, 15) is 0 Å². The van der Waals surface area contributed by atoms with Gasteiger partial charge in [-0.25, -0.2) is 0 Å². The number of hydrogen-bond donors (Lipinski definition) is 0. The Kier molecular flexibility index (Phi) is 4.48. The average Bonchev–Trinajstić information content (AvgIpc) is 2.12. The lowest BCUT2D eigenvalue weighted by Crippen LogP contribution is -2.38. The van der Waals surface area contributed by atoms with Crippen molar-refractivity contribution in [1.29, 1.82) is 0 Å². The van der Waals surface area contributed by atoms with E-state index in [-0.39, 0.29) is 0 Å². The molecule has 2 unspecified atom stereocenters. The highest BCUT2D eigenvalue weighted by Gasteiger charge is 2.26. The standard InChI is InChI=1S/C13H23N/c1-5-6-7-14(4)13-9-11(2)8-12(3)10-13/h1,11-13H,6-10H2,2-4H3. The van der Waals surface area contributed by atoms with Crippen LogP contribution in [0.4, 0.5) is 0 Å². The lowest BCUT2D eigenvalue weighted by molar-refractivity contribution is 0.136. The summed E-state index contributed by atoms with van der Waals surface area (Å²) in [6, 6.07) is 0.766. The third-order valence-corrected chi connectivity index (χ3v) is 3.39. The minimum Gasteiger partial charge on any atom is -0.302 e. The molecule has 0 aliphatic heterocycles. The van der Waals surface area contributed by atoms with Crippen LogP contribution in [-0.2, 0) is 0 Å². The van der Waals surface area contributed by atoms with E-state index in [1.807, 2.05) is 0 Å². The largest absolute Gasteiger partial charge is 0.302 e. The van der Waals surface area contributed by atoms with Crippen LogP contribution in [0.5, 0.6) is 0 Å². The smallest absolute Gasteiger partial charge is 0.0214 e. The maximum atomic E-state index is 5.28. The Morgan fingerprint density at radius 3 is 2.29 bits per heavy atom. The van der Waals surface area contributed by atoms with Crippen molar-refractivity contribution in [2.45, 2.75) is 45.6 Å². The van der Waals surface area contributed by atoms with Crippen molar-refractivity contribution in [2.75, 3.05) is 13.6 Å². The van der Waals surface area contributed by atoms with Crippen LogP contribution in [-0.4, -0.2) is 24.5 Å². The van der Waals surface area contributed by atoms with Crippen LogP contribution in [0.1, 0.15) is 39.5 Å². The topological polar surface area (TPSA) is 3.24 Å². The molecular weight excluding hydrogens is 170 g/mol. The molecule has 1 aliphatic carbocycles. The van der Waals surface area contributed by atoms with E-state index in [2.05, 4.69) is 31.7 Å². The van der Waals surface area contributed by atoms with Crippen molar-refractivity contribution in [1.82, 2.24) is 4.90 Å². The van der Waals surface area contributed by atoms with E-state index in [1.165, 1.54) is 19.3 Å². The van der Waals surface area contributed by atoms with Gasteiger partial charge in [-0.1, -0.05) is 13.8 Å². The Balaban J connectivity index is 2.39. The molecule has 14 heavy (non-hydrogen) atoms. The van der Waals surface area contributed by atoms with Gasteiger partial charge in [-0.3, -0.25) is 0 Å². The molecule has 1 fully saturated rings. The van der Waals surface area contributed by atoms with E-state index in [0.29, 0.717) is 0 Å². The molecule has 0 aromatic rings. The zero-order valence-corrected chi connectivity index (χ0v) is 9.79. The van der Waals surface area contributed by atoms with E-state index >= 15 is 0 Å². The first-order chi connectivity index (χ1) is 6.63. The Morgan fingerprint density at radius 1 is 1.21 bits per heavy atom. The molecule has 2 atom stereocenters. The summed E-state index contributed by atoms with van der Waals surface area (Å²) < 4.78 is 0. The molecule has 0 radical (unpaired) electrons. The minimum absolute atomic E-state index is 0.766. The van der Waals surface area contributed by atoms with Gasteiger partial charge in [-0.15, -0.1) is 12.3 Å². The average molecular weight is 193 g/mol. The number of hydrogen-bond acceptors (Lipinski definition) is 1. The molecular formula is C13H23N. The quantitative estimate of drug-likeness (QED) is 0.623. The second-order valence-electron chi connectivity index (χ2n) is 5.01. The van der Waals surface area contributed by atoms with Crippen LogP contribution < -0.4 is 0 Å². The molecule has 1 saturated carbocycles. The molecule has 80 valence electrons. The maximum absolute atomic E-state index is 5.28. The first kappa shape index (κ1) is 11.6. The number of terminal acetylenes is 1. The molecule has 0 saturated heterocycles. The highest BCUT2D eigenvalue weighted by Crippen LogP contribution is 2.30. The van der Waals surface area contributed by atoms with Crippen LogP contribution in [0.3, 0.4) is 0 Å². The van der Waals surface area contributed by atoms with E-state index in [0.717, 1.165) is 30.8 Å². The third-order valence-electron chi connectivity index (χ3n) is 3.39. The second kappa shape index (κ2) is 5.41. The van der Waals surface area contributed by atoms with Gasteiger partial charge in [0, 0.05) is 19.0 Å². The summed E-state index contributed by atoms with van der Waals surface area (Å²) in [5, 5.41) is 0. The van der Waals surface area contributed by atoms with Gasteiger partial charge in [-0.05, 0) is 38.1 Å². The van der Waals surface area contributed by atoms with E-state index in [1.54, 1.807) is 0 Å². The minimum atomic E-state index is 0.766. The fourth-order valence-electron chi connectivity index (χ4n) is 2.69. The van der Waals surface area contributed by atoms with Gasteiger partial charge in [-0.2, -0.15) is 0 Å². The summed E-state index contributed by atoms with van der Waals surface area (Å²) in [4.78, 5) is 2.45.